The summed E-state index contributed by atoms with van der Waals surface area (Å²) in [6.07, 6.45) is 2.23. The highest BCUT2D eigenvalue weighted by atomic mass is 28.4. The number of ether oxygens (including phenoxy) is 1. The van der Waals surface area contributed by atoms with E-state index in [1.54, 1.807) is 0 Å². The van der Waals surface area contributed by atoms with Crippen molar-refractivity contribution >= 4 is 20.7 Å². The molecule has 1 saturated heterocycles. The van der Waals surface area contributed by atoms with E-state index in [0.717, 1.165) is 12.8 Å². The summed E-state index contributed by atoms with van der Waals surface area (Å²) in [6.45, 7) is 7.45. The Bertz CT molecular complexity index is 313. The zero-order chi connectivity index (χ0) is 15.7. The first-order valence-corrected chi connectivity index (χ1v) is 9.63. The van der Waals surface area contributed by atoms with Gasteiger partial charge in [0, 0.05) is 38.7 Å². The Kier molecular flexibility index (Phi) is 8.09. The number of rotatable bonds is 10. The zero-order valence-electron chi connectivity index (χ0n) is 13.2. The van der Waals surface area contributed by atoms with E-state index in [1.165, 1.54) is 0 Å². The summed E-state index contributed by atoms with van der Waals surface area (Å²) < 4.78 is 21.9. The van der Waals surface area contributed by atoms with Crippen LogP contribution in [0.15, 0.2) is 0 Å². The van der Waals surface area contributed by atoms with Gasteiger partial charge in [-0.3, -0.25) is 9.59 Å². The Hall–Kier alpha value is -0.763. The van der Waals surface area contributed by atoms with Gasteiger partial charge in [0.2, 0.25) is 0 Å². The molecule has 0 spiro atoms. The second kappa shape index (κ2) is 9.29. The molecule has 0 aromatic heterocycles. The summed E-state index contributed by atoms with van der Waals surface area (Å²) in [6, 6.07) is 0.711. The van der Waals surface area contributed by atoms with Gasteiger partial charge in [-0.1, -0.05) is 0 Å². The molecule has 1 fully saturated rings. The van der Waals surface area contributed by atoms with E-state index >= 15 is 0 Å². The van der Waals surface area contributed by atoms with Crippen LogP contribution in [0.5, 0.6) is 0 Å². The van der Waals surface area contributed by atoms with Gasteiger partial charge >= 0.3 is 20.7 Å². The van der Waals surface area contributed by atoms with Crippen LogP contribution in [-0.2, 0) is 27.6 Å². The number of hydrogen-bond donors (Lipinski definition) is 0. The standard InChI is InChI=1S/C14H26O6Si/c1-4-17-21(18-5-2,19-6-3)9-7-8-12-10-13(15)20-14(16)11-12/h12H,4-11H2,1-3H3. The van der Waals surface area contributed by atoms with Crippen LogP contribution < -0.4 is 0 Å². The van der Waals surface area contributed by atoms with Crippen LogP contribution in [0.25, 0.3) is 0 Å². The number of hydrogen-bond acceptors (Lipinski definition) is 6. The van der Waals surface area contributed by atoms with Crippen molar-refractivity contribution in [1.82, 2.24) is 0 Å². The highest BCUT2D eigenvalue weighted by Crippen LogP contribution is 2.26. The molecule has 1 aliphatic rings. The van der Waals surface area contributed by atoms with Gasteiger partial charge in [0.25, 0.3) is 0 Å². The molecule has 7 heteroatoms. The molecule has 0 radical (unpaired) electrons. The van der Waals surface area contributed by atoms with Crippen molar-refractivity contribution in [3.05, 3.63) is 0 Å². The summed E-state index contributed by atoms with van der Waals surface area (Å²) in [4.78, 5) is 22.5. The summed E-state index contributed by atoms with van der Waals surface area (Å²) in [7, 11) is -2.62. The van der Waals surface area contributed by atoms with Crippen molar-refractivity contribution in [2.75, 3.05) is 19.8 Å². The third-order valence-corrected chi connectivity index (χ3v) is 6.48. The van der Waals surface area contributed by atoms with E-state index in [9.17, 15) is 9.59 Å². The predicted molar refractivity (Wildman–Crippen MR) is 78.5 cm³/mol. The van der Waals surface area contributed by atoms with Crippen LogP contribution in [-0.4, -0.2) is 40.6 Å². The Morgan fingerprint density at radius 1 is 1.00 bits per heavy atom. The van der Waals surface area contributed by atoms with Crippen LogP contribution in [0.4, 0.5) is 0 Å². The molecule has 6 nitrogen and oxygen atoms in total. The fourth-order valence-electron chi connectivity index (χ4n) is 2.57. The Morgan fingerprint density at radius 2 is 1.48 bits per heavy atom. The maximum atomic E-state index is 11.2. The Morgan fingerprint density at radius 3 is 1.90 bits per heavy atom. The molecule has 0 atom stereocenters. The van der Waals surface area contributed by atoms with E-state index in [-0.39, 0.29) is 5.92 Å². The SMILES string of the molecule is CCO[Si](CCCC1CC(=O)OC(=O)C1)(OCC)OCC. The van der Waals surface area contributed by atoms with E-state index in [0.29, 0.717) is 38.7 Å². The normalized spacial score (nSPS) is 17.1. The average Bonchev–Trinajstić information content (AvgIpc) is 2.38. The number of carbonyl (C=O) groups is 2. The lowest BCUT2D eigenvalue weighted by atomic mass is 9.95. The molecule has 1 heterocycles. The maximum absolute atomic E-state index is 11.2. The fraction of sp³-hybridized carbons (Fsp3) is 0.857. The summed E-state index contributed by atoms with van der Waals surface area (Å²) in [5.74, 6) is -0.770. The number of esters is 2. The van der Waals surface area contributed by atoms with Crippen molar-refractivity contribution in [3.63, 3.8) is 0 Å². The molecule has 122 valence electrons. The second-order valence-corrected chi connectivity index (χ2v) is 7.73. The van der Waals surface area contributed by atoms with Crippen molar-refractivity contribution in [2.24, 2.45) is 5.92 Å². The van der Waals surface area contributed by atoms with Gasteiger partial charge < -0.3 is 18.0 Å². The van der Waals surface area contributed by atoms with Crippen LogP contribution in [0.3, 0.4) is 0 Å². The number of carbonyl (C=O) groups excluding carboxylic acids is 2. The van der Waals surface area contributed by atoms with Gasteiger partial charge in [-0.15, -0.1) is 0 Å². The van der Waals surface area contributed by atoms with E-state index in [4.69, 9.17) is 13.3 Å². The number of cyclic esters (lactones) is 2. The average molecular weight is 318 g/mol. The smallest absolute Gasteiger partial charge is 0.393 e. The van der Waals surface area contributed by atoms with Gasteiger partial charge in [-0.2, -0.15) is 0 Å². The molecular formula is C14H26O6Si. The third kappa shape index (κ3) is 6.25. The minimum Gasteiger partial charge on any atom is -0.393 e. The van der Waals surface area contributed by atoms with Crippen LogP contribution in [0, 0.1) is 5.92 Å². The summed E-state index contributed by atoms with van der Waals surface area (Å²) in [5.41, 5.74) is 0. The van der Waals surface area contributed by atoms with Crippen molar-refractivity contribution < 1.29 is 27.6 Å². The molecule has 0 amide bonds. The third-order valence-electron chi connectivity index (χ3n) is 3.33. The van der Waals surface area contributed by atoms with Gasteiger partial charge in [0.15, 0.2) is 0 Å². The first-order valence-electron chi connectivity index (χ1n) is 7.70. The Labute approximate surface area is 127 Å². The first-order chi connectivity index (χ1) is 10.0. The first kappa shape index (κ1) is 18.3. The van der Waals surface area contributed by atoms with Crippen LogP contribution in [0.2, 0.25) is 6.04 Å². The molecule has 0 N–H and O–H groups in total. The molecule has 0 saturated carbocycles. The molecular weight excluding hydrogens is 292 g/mol. The van der Waals surface area contributed by atoms with Gasteiger partial charge in [0.05, 0.1) is 0 Å². The quantitative estimate of drug-likeness (QED) is 0.350. The van der Waals surface area contributed by atoms with Crippen molar-refractivity contribution in [3.8, 4) is 0 Å². The van der Waals surface area contributed by atoms with Gasteiger partial charge in [0.1, 0.15) is 0 Å². The maximum Gasteiger partial charge on any atom is 0.500 e. The van der Waals surface area contributed by atoms with Crippen LogP contribution in [0.1, 0.15) is 46.5 Å². The lowest BCUT2D eigenvalue weighted by Crippen LogP contribution is -2.46. The van der Waals surface area contributed by atoms with Crippen molar-refractivity contribution in [2.45, 2.75) is 52.5 Å². The largest absolute Gasteiger partial charge is 0.500 e. The fourth-order valence-corrected chi connectivity index (χ4v) is 5.21. The predicted octanol–water partition coefficient (Wildman–Crippen LogP) is 2.29. The lowest BCUT2D eigenvalue weighted by Gasteiger charge is -2.29. The van der Waals surface area contributed by atoms with E-state index < -0.39 is 20.7 Å². The molecule has 0 aliphatic carbocycles. The zero-order valence-corrected chi connectivity index (χ0v) is 14.2. The molecule has 0 aromatic carbocycles. The summed E-state index contributed by atoms with van der Waals surface area (Å²) >= 11 is 0. The minimum absolute atomic E-state index is 0.0651. The van der Waals surface area contributed by atoms with Gasteiger partial charge in [-0.25, -0.2) is 0 Å². The molecule has 21 heavy (non-hydrogen) atoms. The Balaban J connectivity index is 2.48. The molecule has 0 unspecified atom stereocenters. The highest BCUT2D eigenvalue weighted by molar-refractivity contribution is 6.60. The van der Waals surface area contributed by atoms with Crippen LogP contribution >= 0.6 is 0 Å². The van der Waals surface area contributed by atoms with E-state index in [1.807, 2.05) is 20.8 Å². The van der Waals surface area contributed by atoms with Gasteiger partial charge in [-0.05, 0) is 39.5 Å². The topological polar surface area (TPSA) is 71.1 Å². The highest BCUT2D eigenvalue weighted by Gasteiger charge is 2.40. The van der Waals surface area contributed by atoms with E-state index in [2.05, 4.69) is 4.74 Å². The lowest BCUT2D eigenvalue weighted by molar-refractivity contribution is -0.165. The molecule has 1 aliphatic heterocycles. The molecule has 0 aromatic rings. The molecule has 0 bridgehead atoms. The monoisotopic (exact) mass is 318 g/mol. The minimum atomic E-state index is -2.62. The second-order valence-electron chi connectivity index (χ2n) is 4.99. The summed E-state index contributed by atoms with van der Waals surface area (Å²) in [5, 5.41) is 0. The molecule has 1 rings (SSSR count). The van der Waals surface area contributed by atoms with Crippen molar-refractivity contribution in [1.29, 1.82) is 0 Å².